The number of alkyl halides is 6. The second-order valence-corrected chi connectivity index (χ2v) is 4.79. The van der Waals surface area contributed by atoms with Crippen LogP contribution in [0.1, 0.15) is 0 Å². The number of nitrogens with zero attached hydrogens (tertiary/aromatic N) is 1. The third-order valence-corrected chi connectivity index (χ3v) is 3.61. The number of allylic oxidation sites excluding steroid dienone is 6. The van der Waals surface area contributed by atoms with Gasteiger partial charge in [-0.3, -0.25) is 5.43 Å². The minimum Gasteiger partial charge on any atom is -0.273 e. The lowest BCUT2D eigenvalue weighted by atomic mass is 9.66. The summed E-state index contributed by atoms with van der Waals surface area (Å²) in [4.78, 5) is 0. The van der Waals surface area contributed by atoms with Gasteiger partial charge in [0.15, 0.2) is 0 Å². The molecular formula is C12H8F6N2. The number of halogens is 6. The molecule has 0 saturated heterocycles. The van der Waals surface area contributed by atoms with Crippen molar-refractivity contribution in [2.24, 2.45) is 22.9 Å². The van der Waals surface area contributed by atoms with Crippen molar-refractivity contribution in [2.75, 3.05) is 0 Å². The van der Waals surface area contributed by atoms with Gasteiger partial charge in [0, 0.05) is 17.8 Å². The Morgan fingerprint density at radius 2 is 1.50 bits per heavy atom. The Labute approximate surface area is 109 Å². The van der Waals surface area contributed by atoms with Crippen LogP contribution in [0.5, 0.6) is 0 Å². The van der Waals surface area contributed by atoms with E-state index in [0.717, 1.165) is 0 Å². The highest BCUT2D eigenvalue weighted by Gasteiger charge is 2.53. The Morgan fingerprint density at radius 1 is 0.900 bits per heavy atom. The third-order valence-electron chi connectivity index (χ3n) is 3.61. The van der Waals surface area contributed by atoms with Gasteiger partial charge in [-0.2, -0.15) is 31.4 Å². The molecule has 2 nitrogen and oxygen atoms in total. The molecule has 2 bridgehead atoms. The van der Waals surface area contributed by atoms with Crippen molar-refractivity contribution >= 4 is 5.71 Å². The van der Waals surface area contributed by atoms with Gasteiger partial charge in [0.2, 0.25) is 0 Å². The van der Waals surface area contributed by atoms with Crippen LogP contribution in [-0.4, -0.2) is 18.1 Å². The smallest absolute Gasteiger partial charge is 0.273 e. The van der Waals surface area contributed by atoms with Crippen LogP contribution in [0.2, 0.25) is 0 Å². The number of rotatable bonds is 0. The van der Waals surface area contributed by atoms with E-state index in [-0.39, 0.29) is 5.57 Å². The summed E-state index contributed by atoms with van der Waals surface area (Å²) in [6.45, 7) is 0. The molecule has 4 aliphatic rings. The molecule has 20 heavy (non-hydrogen) atoms. The van der Waals surface area contributed by atoms with Crippen molar-refractivity contribution in [3.05, 3.63) is 35.6 Å². The molecule has 1 aliphatic heterocycles. The van der Waals surface area contributed by atoms with Gasteiger partial charge in [-0.25, -0.2) is 0 Å². The van der Waals surface area contributed by atoms with Gasteiger partial charge in [-0.15, -0.1) is 0 Å². The van der Waals surface area contributed by atoms with Gasteiger partial charge in [-0.1, -0.05) is 24.3 Å². The zero-order valence-electron chi connectivity index (χ0n) is 9.76. The molecule has 0 aromatic heterocycles. The lowest BCUT2D eigenvalue weighted by molar-refractivity contribution is -0.100. The number of hydrogen-bond acceptors (Lipinski definition) is 2. The maximum absolute atomic E-state index is 12.9. The van der Waals surface area contributed by atoms with E-state index in [0.29, 0.717) is 0 Å². The summed E-state index contributed by atoms with van der Waals surface area (Å²) in [5.41, 5.74) is -1.13. The minimum absolute atomic E-state index is 0.296. The average Bonchev–Trinajstić information content (AvgIpc) is 2.36. The van der Waals surface area contributed by atoms with E-state index in [1.807, 2.05) is 0 Å². The van der Waals surface area contributed by atoms with Gasteiger partial charge < -0.3 is 0 Å². The largest absolute Gasteiger partial charge is 0.432 e. The van der Waals surface area contributed by atoms with Crippen LogP contribution in [0.4, 0.5) is 26.3 Å². The van der Waals surface area contributed by atoms with Crippen LogP contribution in [0.25, 0.3) is 0 Å². The van der Waals surface area contributed by atoms with Gasteiger partial charge in [-0.05, 0) is 5.57 Å². The van der Waals surface area contributed by atoms with E-state index >= 15 is 0 Å². The van der Waals surface area contributed by atoms with E-state index in [2.05, 4.69) is 5.10 Å². The normalized spacial score (nSPS) is 32.1. The lowest BCUT2D eigenvalue weighted by Crippen LogP contribution is -2.47. The second-order valence-electron chi connectivity index (χ2n) is 4.79. The van der Waals surface area contributed by atoms with E-state index in [9.17, 15) is 26.3 Å². The standard InChI is InChI=1S/C12H8F6N2/c13-11(14,15)9-7-5-1-2-6(4-3-5)8(7)10(20-19-9)12(16,17)18/h1-7,20H. The predicted molar refractivity (Wildman–Crippen MR) is 58.5 cm³/mol. The summed E-state index contributed by atoms with van der Waals surface area (Å²) in [5, 5.41) is 2.95. The van der Waals surface area contributed by atoms with Crippen LogP contribution < -0.4 is 5.43 Å². The fourth-order valence-corrected chi connectivity index (χ4v) is 2.84. The van der Waals surface area contributed by atoms with Crippen LogP contribution >= 0.6 is 0 Å². The first kappa shape index (κ1) is 13.3. The zero-order chi connectivity index (χ0) is 14.7. The molecule has 0 aromatic rings. The van der Waals surface area contributed by atoms with Crippen molar-refractivity contribution < 1.29 is 26.3 Å². The summed E-state index contributed by atoms with van der Waals surface area (Å²) >= 11 is 0. The van der Waals surface area contributed by atoms with Crippen LogP contribution in [0.3, 0.4) is 0 Å². The predicted octanol–water partition coefficient (Wildman–Crippen LogP) is 3.31. The molecule has 8 heteroatoms. The lowest BCUT2D eigenvalue weighted by Gasteiger charge is -2.41. The van der Waals surface area contributed by atoms with Crippen LogP contribution in [0.15, 0.2) is 40.7 Å². The van der Waals surface area contributed by atoms with Crippen LogP contribution in [0, 0.1) is 17.8 Å². The molecule has 108 valence electrons. The van der Waals surface area contributed by atoms with Gasteiger partial charge in [0.05, 0.1) is 0 Å². The van der Waals surface area contributed by atoms with Crippen LogP contribution in [-0.2, 0) is 0 Å². The highest BCUT2D eigenvalue weighted by molar-refractivity contribution is 5.96. The molecular weight excluding hydrogens is 286 g/mol. The molecule has 0 aromatic carbocycles. The molecule has 1 atom stereocenters. The molecule has 0 radical (unpaired) electrons. The summed E-state index contributed by atoms with van der Waals surface area (Å²) in [6, 6.07) is 0. The first-order chi connectivity index (χ1) is 9.19. The minimum atomic E-state index is -4.76. The highest BCUT2D eigenvalue weighted by Crippen LogP contribution is 2.48. The Kier molecular flexibility index (Phi) is 2.58. The maximum Gasteiger partial charge on any atom is 0.432 e. The number of hydrazone groups is 1. The fourth-order valence-electron chi connectivity index (χ4n) is 2.84. The second kappa shape index (κ2) is 3.89. The molecule has 0 fully saturated rings. The average molecular weight is 294 g/mol. The molecule has 0 saturated carbocycles. The molecule has 1 heterocycles. The molecule has 0 spiro atoms. The number of nitrogens with one attached hydrogen (secondary N) is 1. The topological polar surface area (TPSA) is 24.4 Å². The first-order valence-electron chi connectivity index (χ1n) is 5.78. The Balaban J connectivity index is 2.16. The van der Waals surface area contributed by atoms with E-state index in [1.54, 1.807) is 5.43 Å². The fraction of sp³-hybridized carbons (Fsp3) is 0.417. The molecule has 0 amide bonds. The summed E-state index contributed by atoms with van der Waals surface area (Å²) in [7, 11) is 0. The monoisotopic (exact) mass is 294 g/mol. The highest BCUT2D eigenvalue weighted by atomic mass is 19.4. The van der Waals surface area contributed by atoms with Crippen molar-refractivity contribution in [1.82, 2.24) is 5.43 Å². The maximum atomic E-state index is 12.9. The van der Waals surface area contributed by atoms with Gasteiger partial charge in [0.25, 0.3) is 0 Å². The van der Waals surface area contributed by atoms with Crippen molar-refractivity contribution in [1.29, 1.82) is 0 Å². The molecule has 3 aliphatic carbocycles. The van der Waals surface area contributed by atoms with E-state index in [4.69, 9.17) is 0 Å². The summed E-state index contributed by atoms with van der Waals surface area (Å²) in [6.07, 6.45) is -3.54. The SMILES string of the molecule is FC(F)(F)C1=NNC(C(F)(F)F)=C2C3C=CC(C=C3)C12. The summed E-state index contributed by atoms with van der Waals surface area (Å²) < 4.78 is 77.6. The van der Waals surface area contributed by atoms with Crippen molar-refractivity contribution in [3.8, 4) is 0 Å². The van der Waals surface area contributed by atoms with E-state index < -0.39 is 41.5 Å². The summed E-state index contributed by atoms with van der Waals surface area (Å²) in [5.74, 6) is -2.91. The van der Waals surface area contributed by atoms with E-state index in [1.165, 1.54) is 24.3 Å². The Hall–Kier alpha value is -1.73. The molecule has 4 rings (SSSR count). The first-order valence-corrected chi connectivity index (χ1v) is 5.78. The quantitative estimate of drug-likeness (QED) is 0.538. The van der Waals surface area contributed by atoms with Gasteiger partial charge >= 0.3 is 12.4 Å². The van der Waals surface area contributed by atoms with Gasteiger partial charge in [0.1, 0.15) is 11.4 Å². The Bertz CT molecular complexity index is 549. The Morgan fingerprint density at radius 3 is 2.00 bits per heavy atom. The van der Waals surface area contributed by atoms with Crippen molar-refractivity contribution in [2.45, 2.75) is 12.4 Å². The zero-order valence-corrected chi connectivity index (χ0v) is 9.76. The number of hydrogen-bond donors (Lipinski definition) is 1. The molecule has 1 N–H and O–H groups in total. The third kappa shape index (κ3) is 1.85. The molecule has 1 unspecified atom stereocenters. The van der Waals surface area contributed by atoms with Crippen molar-refractivity contribution in [3.63, 3.8) is 0 Å².